The van der Waals surface area contributed by atoms with Crippen LogP contribution in [0.15, 0.2) is 71.5 Å². The second kappa shape index (κ2) is 9.12. The summed E-state index contributed by atoms with van der Waals surface area (Å²) in [5, 5.41) is 6.40. The molecular formula is C19H18F2N4O. The van der Waals surface area contributed by atoms with Gasteiger partial charge in [0.15, 0.2) is 0 Å². The number of benzene rings is 2. The molecule has 0 aromatic heterocycles. The van der Waals surface area contributed by atoms with Crippen LogP contribution in [-0.2, 0) is 4.79 Å². The fourth-order valence-electron chi connectivity index (χ4n) is 1.92. The molecule has 0 saturated carbocycles. The third kappa shape index (κ3) is 5.86. The van der Waals surface area contributed by atoms with Crippen LogP contribution >= 0.6 is 0 Å². The molecule has 5 nitrogen and oxygen atoms in total. The average molecular weight is 356 g/mol. The lowest BCUT2D eigenvalue weighted by Gasteiger charge is -2.04. The van der Waals surface area contributed by atoms with Crippen LogP contribution in [0.3, 0.4) is 0 Å². The van der Waals surface area contributed by atoms with E-state index in [-0.39, 0.29) is 11.5 Å². The van der Waals surface area contributed by atoms with E-state index >= 15 is 0 Å². The van der Waals surface area contributed by atoms with Gasteiger partial charge in [0.1, 0.15) is 11.6 Å². The number of hydrogen-bond acceptors (Lipinski definition) is 4. The van der Waals surface area contributed by atoms with Gasteiger partial charge in [-0.25, -0.2) is 8.78 Å². The number of anilines is 2. The summed E-state index contributed by atoms with van der Waals surface area (Å²) >= 11 is 0. The maximum atomic E-state index is 13.1. The van der Waals surface area contributed by atoms with Crippen molar-refractivity contribution in [2.24, 2.45) is 10.8 Å². The molecule has 0 heterocycles. The molecule has 0 radical (unpaired) electrons. The highest BCUT2D eigenvalue weighted by Crippen LogP contribution is 2.15. The van der Waals surface area contributed by atoms with Crippen LogP contribution < -0.4 is 16.5 Å². The first-order chi connectivity index (χ1) is 12.5. The minimum absolute atomic E-state index is 0.0483. The van der Waals surface area contributed by atoms with Crippen LogP contribution in [-0.4, -0.2) is 12.1 Å². The first kappa shape index (κ1) is 18.9. The number of amides is 1. The van der Waals surface area contributed by atoms with E-state index in [1.54, 1.807) is 18.2 Å². The summed E-state index contributed by atoms with van der Waals surface area (Å²) in [4.78, 5) is 11.9. The van der Waals surface area contributed by atoms with Gasteiger partial charge in [-0.3, -0.25) is 10.2 Å². The molecular weight excluding hydrogens is 338 g/mol. The predicted molar refractivity (Wildman–Crippen MR) is 99.7 cm³/mol. The topological polar surface area (TPSA) is 79.5 Å². The smallest absolute Gasteiger partial charge is 0.271 e. The summed E-state index contributed by atoms with van der Waals surface area (Å²) in [6.07, 6.45) is 5.88. The number of aryl methyl sites for hydroxylation is 1. The second-order valence-corrected chi connectivity index (χ2v) is 5.32. The van der Waals surface area contributed by atoms with E-state index in [9.17, 15) is 13.6 Å². The largest absolute Gasteiger partial charge is 0.394 e. The molecule has 26 heavy (non-hydrogen) atoms. The summed E-state index contributed by atoms with van der Waals surface area (Å²) in [6, 6.07) is 9.84. The zero-order valence-electron chi connectivity index (χ0n) is 14.0. The third-order valence-electron chi connectivity index (χ3n) is 3.28. The molecule has 7 heteroatoms. The van der Waals surface area contributed by atoms with Crippen LogP contribution in [0.5, 0.6) is 0 Å². The Morgan fingerprint density at radius 2 is 1.88 bits per heavy atom. The number of nitrogens with zero attached hydrogens (tertiary/aromatic N) is 1. The number of nitrogens with two attached hydrogens (primary N) is 1. The van der Waals surface area contributed by atoms with Gasteiger partial charge in [0.2, 0.25) is 0 Å². The van der Waals surface area contributed by atoms with Crippen molar-refractivity contribution in [3.63, 3.8) is 0 Å². The normalized spacial score (nSPS) is 11.9. The highest BCUT2D eigenvalue weighted by Gasteiger charge is 2.05. The molecule has 0 fully saturated rings. The van der Waals surface area contributed by atoms with Crippen molar-refractivity contribution >= 4 is 23.5 Å². The van der Waals surface area contributed by atoms with Crippen molar-refractivity contribution < 1.29 is 13.6 Å². The van der Waals surface area contributed by atoms with Crippen LogP contribution in [0.4, 0.5) is 20.2 Å². The van der Waals surface area contributed by atoms with Gasteiger partial charge in [-0.2, -0.15) is 5.10 Å². The van der Waals surface area contributed by atoms with E-state index in [1.165, 1.54) is 48.7 Å². The van der Waals surface area contributed by atoms with Gasteiger partial charge in [-0.15, -0.1) is 0 Å². The molecule has 0 aliphatic carbocycles. The van der Waals surface area contributed by atoms with Crippen LogP contribution in [0.25, 0.3) is 0 Å². The summed E-state index contributed by atoms with van der Waals surface area (Å²) in [6.45, 7) is 1.83. The lowest BCUT2D eigenvalue weighted by molar-refractivity contribution is -0.112. The van der Waals surface area contributed by atoms with E-state index in [0.29, 0.717) is 11.4 Å². The molecule has 0 unspecified atom stereocenters. The molecule has 0 bridgehead atoms. The van der Waals surface area contributed by atoms with Gasteiger partial charge in [0, 0.05) is 11.9 Å². The number of rotatable bonds is 6. The first-order valence-corrected chi connectivity index (χ1v) is 7.70. The molecule has 2 aromatic rings. The number of allylic oxidation sites excluding steroid dienone is 3. The molecule has 2 rings (SSSR count). The van der Waals surface area contributed by atoms with Crippen molar-refractivity contribution in [2.75, 3.05) is 10.7 Å². The molecule has 1 amide bonds. The van der Waals surface area contributed by atoms with Crippen molar-refractivity contribution in [1.29, 1.82) is 0 Å². The van der Waals surface area contributed by atoms with E-state index in [1.807, 2.05) is 6.92 Å². The zero-order chi connectivity index (χ0) is 18.9. The van der Waals surface area contributed by atoms with Gasteiger partial charge >= 0.3 is 0 Å². The van der Waals surface area contributed by atoms with Crippen molar-refractivity contribution in [3.05, 3.63) is 83.6 Å². The van der Waals surface area contributed by atoms with Gasteiger partial charge in [0.25, 0.3) is 5.91 Å². The van der Waals surface area contributed by atoms with E-state index < -0.39 is 11.7 Å². The quantitative estimate of drug-likeness (QED) is 0.319. The Balaban J connectivity index is 1.87. The van der Waals surface area contributed by atoms with Crippen molar-refractivity contribution in [2.45, 2.75) is 6.92 Å². The Morgan fingerprint density at radius 3 is 2.65 bits per heavy atom. The van der Waals surface area contributed by atoms with E-state index in [4.69, 9.17) is 5.73 Å². The highest BCUT2D eigenvalue weighted by atomic mass is 19.1. The SMILES string of the molecule is Cc1ccc(F)cc1N/N=C/C=C/C=C(\N)C(=O)Nc1cccc(F)c1. The molecule has 0 aliphatic rings. The number of carbonyl (C=O) groups excluding carboxylic acids is 1. The molecule has 0 saturated heterocycles. The zero-order valence-corrected chi connectivity index (χ0v) is 14.0. The summed E-state index contributed by atoms with van der Waals surface area (Å²) in [5.41, 5.74) is 10.0. The van der Waals surface area contributed by atoms with Crippen LogP contribution in [0.1, 0.15) is 5.56 Å². The van der Waals surface area contributed by atoms with E-state index in [2.05, 4.69) is 15.8 Å². The van der Waals surface area contributed by atoms with E-state index in [0.717, 1.165) is 5.56 Å². The minimum atomic E-state index is -0.550. The molecule has 0 aliphatic heterocycles. The molecule has 0 spiro atoms. The maximum Gasteiger partial charge on any atom is 0.271 e. The van der Waals surface area contributed by atoms with Crippen molar-refractivity contribution in [3.8, 4) is 0 Å². The number of carbonyl (C=O) groups is 1. The monoisotopic (exact) mass is 356 g/mol. The molecule has 4 N–H and O–H groups in total. The fraction of sp³-hybridized carbons (Fsp3) is 0.0526. The molecule has 0 atom stereocenters. The lowest BCUT2D eigenvalue weighted by atomic mass is 10.2. The Kier molecular flexibility index (Phi) is 6.61. The Morgan fingerprint density at radius 1 is 1.12 bits per heavy atom. The van der Waals surface area contributed by atoms with Gasteiger partial charge < -0.3 is 11.1 Å². The Bertz CT molecular complexity index is 876. The standard InChI is InChI=1S/C19H18F2N4O/c1-13-8-9-15(21)12-18(13)25-23-10-3-2-7-17(22)19(26)24-16-6-4-5-14(20)11-16/h2-12,25H,22H2,1H3,(H,24,26)/b3-2+,17-7-,23-10+. The van der Waals surface area contributed by atoms with Gasteiger partial charge in [0.05, 0.1) is 11.4 Å². The second-order valence-electron chi connectivity index (χ2n) is 5.32. The maximum absolute atomic E-state index is 13.1. The van der Waals surface area contributed by atoms with Gasteiger partial charge in [-0.1, -0.05) is 18.2 Å². The molecule has 2 aromatic carbocycles. The Labute approximate surface area is 149 Å². The number of hydrazone groups is 1. The number of nitrogens with one attached hydrogen (secondary N) is 2. The highest BCUT2D eigenvalue weighted by molar-refractivity contribution is 6.03. The predicted octanol–water partition coefficient (Wildman–Crippen LogP) is 3.71. The lowest BCUT2D eigenvalue weighted by Crippen LogP contribution is -2.19. The van der Waals surface area contributed by atoms with Crippen LogP contribution in [0, 0.1) is 18.6 Å². The summed E-state index contributed by atoms with van der Waals surface area (Å²) in [5.74, 6) is -1.36. The fourth-order valence-corrected chi connectivity index (χ4v) is 1.92. The average Bonchev–Trinajstić information content (AvgIpc) is 2.60. The molecule has 134 valence electrons. The summed E-state index contributed by atoms with van der Waals surface area (Å²) in [7, 11) is 0. The third-order valence-corrected chi connectivity index (χ3v) is 3.28. The van der Waals surface area contributed by atoms with Crippen molar-refractivity contribution in [1.82, 2.24) is 0 Å². The summed E-state index contributed by atoms with van der Waals surface area (Å²) < 4.78 is 26.2. The van der Waals surface area contributed by atoms with Crippen LogP contribution in [0.2, 0.25) is 0 Å². The minimum Gasteiger partial charge on any atom is -0.394 e. The Hall–Kier alpha value is -3.48. The first-order valence-electron chi connectivity index (χ1n) is 7.70. The number of halogens is 2. The number of hydrogen-bond donors (Lipinski definition) is 3. The van der Waals surface area contributed by atoms with Gasteiger partial charge in [-0.05, 0) is 55.0 Å².